The molecule has 0 unspecified atom stereocenters. The highest BCUT2D eigenvalue weighted by atomic mass is 15.2. The van der Waals surface area contributed by atoms with E-state index in [-0.39, 0.29) is 5.54 Å². The van der Waals surface area contributed by atoms with E-state index >= 15 is 0 Å². The molecule has 5 nitrogen and oxygen atoms in total. The lowest BCUT2D eigenvalue weighted by atomic mass is 10.1. The summed E-state index contributed by atoms with van der Waals surface area (Å²) in [6.07, 6.45) is 1.16. The first kappa shape index (κ1) is 14.1. The van der Waals surface area contributed by atoms with E-state index in [1.165, 1.54) is 0 Å². The highest BCUT2D eigenvalue weighted by Crippen LogP contribution is 2.19. The van der Waals surface area contributed by atoms with Gasteiger partial charge in [-0.1, -0.05) is 0 Å². The Morgan fingerprint density at radius 3 is 2.74 bits per heavy atom. The summed E-state index contributed by atoms with van der Waals surface area (Å²) < 4.78 is 0. The van der Waals surface area contributed by atoms with E-state index in [2.05, 4.69) is 52.3 Å². The third-order valence-corrected chi connectivity index (χ3v) is 2.99. The average molecular weight is 263 g/mol. The number of anilines is 2. The smallest absolute Gasteiger partial charge is 0.134 e. The molecule has 1 aliphatic rings. The summed E-state index contributed by atoms with van der Waals surface area (Å²) in [4.78, 5) is 11.4. The van der Waals surface area contributed by atoms with Crippen LogP contribution in [0.2, 0.25) is 0 Å². The number of nitrogens with one attached hydrogen (secondary N) is 2. The molecule has 2 N–H and O–H groups in total. The van der Waals surface area contributed by atoms with E-state index in [0.29, 0.717) is 0 Å². The average Bonchev–Trinajstić information content (AvgIpc) is 2.53. The molecule has 0 spiro atoms. The Bertz CT molecular complexity index is 416. The van der Waals surface area contributed by atoms with Crippen molar-refractivity contribution >= 4 is 11.6 Å². The maximum Gasteiger partial charge on any atom is 0.134 e. The molecule has 0 radical (unpaired) electrons. The van der Waals surface area contributed by atoms with Gasteiger partial charge >= 0.3 is 0 Å². The minimum Gasteiger partial charge on any atom is -0.365 e. The van der Waals surface area contributed by atoms with Crippen molar-refractivity contribution in [1.82, 2.24) is 15.3 Å². The number of aromatic nitrogens is 2. The summed E-state index contributed by atoms with van der Waals surface area (Å²) >= 11 is 0. The quantitative estimate of drug-likeness (QED) is 0.852. The molecule has 0 aliphatic carbocycles. The molecule has 0 aromatic carbocycles. The standard InChI is InChI=1S/C14H25N5/c1-11-16-12(18-14(2,3)4)10-13(17-11)19-8-5-6-15-7-9-19/h10,15H,5-9H2,1-4H3,(H,16,17,18). The van der Waals surface area contributed by atoms with Gasteiger partial charge in [-0.05, 0) is 40.7 Å². The highest BCUT2D eigenvalue weighted by molar-refractivity contribution is 5.50. The van der Waals surface area contributed by atoms with Crippen LogP contribution in [0.5, 0.6) is 0 Å². The molecule has 2 heterocycles. The minimum atomic E-state index is 0.0123. The summed E-state index contributed by atoms with van der Waals surface area (Å²) in [6, 6.07) is 2.06. The van der Waals surface area contributed by atoms with Crippen molar-refractivity contribution in [1.29, 1.82) is 0 Å². The zero-order chi connectivity index (χ0) is 13.9. The largest absolute Gasteiger partial charge is 0.365 e. The van der Waals surface area contributed by atoms with E-state index in [1.807, 2.05) is 6.92 Å². The van der Waals surface area contributed by atoms with Gasteiger partial charge in [0.2, 0.25) is 0 Å². The van der Waals surface area contributed by atoms with E-state index in [1.54, 1.807) is 0 Å². The monoisotopic (exact) mass is 263 g/mol. The van der Waals surface area contributed by atoms with Crippen LogP contribution in [-0.4, -0.2) is 41.7 Å². The van der Waals surface area contributed by atoms with Crippen LogP contribution in [0.25, 0.3) is 0 Å². The fourth-order valence-electron chi connectivity index (χ4n) is 2.24. The molecule has 0 amide bonds. The molecule has 1 saturated heterocycles. The first-order valence-electron chi connectivity index (χ1n) is 7.03. The number of aryl methyl sites for hydroxylation is 1. The Hall–Kier alpha value is -1.36. The Balaban J connectivity index is 2.20. The van der Waals surface area contributed by atoms with Crippen LogP contribution in [0.3, 0.4) is 0 Å². The van der Waals surface area contributed by atoms with Crippen LogP contribution >= 0.6 is 0 Å². The SMILES string of the molecule is Cc1nc(NC(C)(C)C)cc(N2CCCNCC2)n1. The normalized spacial score (nSPS) is 17.2. The summed E-state index contributed by atoms with van der Waals surface area (Å²) in [5, 5.41) is 6.84. The van der Waals surface area contributed by atoms with Gasteiger partial charge in [0, 0.05) is 31.2 Å². The second kappa shape index (κ2) is 5.74. The van der Waals surface area contributed by atoms with Gasteiger partial charge in [0.25, 0.3) is 0 Å². The fraction of sp³-hybridized carbons (Fsp3) is 0.714. The fourth-order valence-corrected chi connectivity index (χ4v) is 2.24. The van der Waals surface area contributed by atoms with E-state index in [9.17, 15) is 0 Å². The van der Waals surface area contributed by atoms with Crippen molar-refractivity contribution in [2.45, 2.75) is 39.7 Å². The Labute approximate surface area is 115 Å². The number of hydrogen-bond donors (Lipinski definition) is 2. The van der Waals surface area contributed by atoms with Crippen molar-refractivity contribution in [3.8, 4) is 0 Å². The third-order valence-electron chi connectivity index (χ3n) is 2.99. The molecule has 19 heavy (non-hydrogen) atoms. The summed E-state index contributed by atoms with van der Waals surface area (Å²) in [5.41, 5.74) is 0.0123. The van der Waals surface area contributed by atoms with E-state index in [0.717, 1.165) is 50.1 Å². The van der Waals surface area contributed by atoms with Crippen LogP contribution in [-0.2, 0) is 0 Å². The van der Waals surface area contributed by atoms with Crippen LogP contribution in [0.15, 0.2) is 6.07 Å². The van der Waals surface area contributed by atoms with Gasteiger partial charge in [0.05, 0.1) is 0 Å². The molecule has 0 bridgehead atoms. The molecule has 0 atom stereocenters. The molecular formula is C14H25N5. The second-order valence-electron chi connectivity index (χ2n) is 6.12. The van der Waals surface area contributed by atoms with Gasteiger partial charge < -0.3 is 15.5 Å². The van der Waals surface area contributed by atoms with Crippen LogP contribution in [0, 0.1) is 6.92 Å². The van der Waals surface area contributed by atoms with Crippen molar-refractivity contribution in [2.24, 2.45) is 0 Å². The lowest BCUT2D eigenvalue weighted by Crippen LogP contribution is -2.30. The first-order chi connectivity index (χ1) is 8.94. The van der Waals surface area contributed by atoms with Crippen molar-refractivity contribution in [3.05, 3.63) is 11.9 Å². The molecule has 2 rings (SSSR count). The van der Waals surface area contributed by atoms with Crippen LogP contribution < -0.4 is 15.5 Å². The highest BCUT2D eigenvalue weighted by Gasteiger charge is 2.15. The summed E-state index contributed by atoms with van der Waals surface area (Å²) in [6.45, 7) is 12.5. The molecule has 1 aromatic rings. The maximum absolute atomic E-state index is 4.58. The van der Waals surface area contributed by atoms with Crippen molar-refractivity contribution in [2.75, 3.05) is 36.4 Å². The van der Waals surface area contributed by atoms with E-state index in [4.69, 9.17) is 0 Å². The van der Waals surface area contributed by atoms with Gasteiger partial charge in [0.1, 0.15) is 17.5 Å². The minimum absolute atomic E-state index is 0.0123. The number of rotatable bonds is 2. The summed E-state index contributed by atoms with van der Waals surface area (Å²) in [7, 11) is 0. The van der Waals surface area contributed by atoms with Crippen molar-refractivity contribution in [3.63, 3.8) is 0 Å². The van der Waals surface area contributed by atoms with Gasteiger partial charge in [-0.25, -0.2) is 9.97 Å². The summed E-state index contributed by atoms with van der Waals surface area (Å²) in [5.74, 6) is 2.76. The molecule has 1 aromatic heterocycles. The number of nitrogens with zero attached hydrogens (tertiary/aromatic N) is 3. The Morgan fingerprint density at radius 1 is 1.21 bits per heavy atom. The molecular weight excluding hydrogens is 238 g/mol. The van der Waals surface area contributed by atoms with Crippen LogP contribution in [0.4, 0.5) is 11.6 Å². The predicted octanol–water partition coefficient (Wildman–Crippen LogP) is 1.80. The molecule has 0 saturated carbocycles. The lowest BCUT2D eigenvalue weighted by molar-refractivity contribution is 0.629. The Morgan fingerprint density at radius 2 is 2.00 bits per heavy atom. The zero-order valence-corrected chi connectivity index (χ0v) is 12.5. The zero-order valence-electron chi connectivity index (χ0n) is 12.5. The van der Waals surface area contributed by atoms with Crippen LogP contribution in [0.1, 0.15) is 33.0 Å². The first-order valence-corrected chi connectivity index (χ1v) is 7.03. The molecule has 1 fully saturated rings. The van der Waals surface area contributed by atoms with Gasteiger partial charge in [-0.15, -0.1) is 0 Å². The van der Waals surface area contributed by atoms with Gasteiger partial charge in [0.15, 0.2) is 0 Å². The maximum atomic E-state index is 4.58. The topological polar surface area (TPSA) is 53.1 Å². The Kier molecular flexibility index (Phi) is 4.24. The third kappa shape index (κ3) is 4.35. The predicted molar refractivity (Wildman–Crippen MR) is 79.8 cm³/mol. The molecule has 106 valence electrons. The second-order valence-corrected chi connectivity index (χ2v) is 6.12. The molecule has 1 aliphatic heterocycles. The number of hydrogen-bond acceptors (Lipinski definition) is 5. The van der Waals surface area contributed by atoms with Gasteiger partial charge in [-0.2, -0.15) is 0 Å². The van der Waals surface area contributed by atoms with Gasteiger partial charge in [-0.3, -0.25) is 0 Å². The lowest BCUT2D eigenvalue weighted by Gasteiger charge is -2.25. The molecule has 5 heteroatoms. The van der Waals surface area contributed by atoms with Crippen molar-refractivity contribution < 1.29 is 0 Å². The van der Waals surface area contributed by atoms with E-state index < -0.39 is 0 Å².